The molecular formula is C27H22ClF3N6O2. The molecule has 0 aliphatic carbocycles. The predicted molar refractivity (Wildman–Crippen MR) is 142 cm³/mol. The molecule has 39 heavy (non-hydrogen) atoms. The average Bonchev–Trinajstić information content (AvgIpc) is 2.89. The number of nitrogens with one attached hydrogen (secondary N) is 1. The molecule has 2 aromatic carbocycles. The first-order valence-corrected chi connectivity index (χ1v) is 12.2. The van der Waals surface area contributed by atoms with Gasteiger partial charge in [0.1, 0.15) is 5.69 Å². The number of alkyl halides is 3. The summed E-state index contributed by atoms with van der Waals surface area (Å²) in [4.78, 5) is 36.5. The number of halogens is 4. The number of hydrogen-bond acceptors (Lipinski definition) is 6. The third-order valence-corrected chi connectivity index (χ3v) is 6.80. The SMILES string of the molecule is Cc1ccn(-c2ccc(NC(=O)c3ccc(Cl)c(C(F)(F)F)c3)cc2)c(=O)c1N1CCc2nc(N)ncc2C1. The molecule has 200 valence electrons. The topological polar surface area (TPSA) is 106 Å². The van der Waals surface area contributed by atoms with Crippen molar-refractivity contribution in [1.29, 1.82) is 0 Å². The Bertz CT molecular complexity index is 1640. The fourth-order valence-corrected chi connectivity index (χ4v) is 4.74. The number of carbonyl (C=O) groups excluding carboxylic acids is 1. The van der Waals surface area contributed by atoms with Crippen LogP contribution in [0.15, 0.2) is 65.7 Å². The van der Waals surface area contributed by atoms with Crippen LogP contribution in [0.1, 0.15) is 32.7 Å². The number of benzene rings is 2. The van der Waals surface area contributed by atoms with Crippen molar-refractivity contribution in [3.8, 4) is 5.69 Å². The van der Waals surface area contributed by atoms with E-state index in [4.69, 9.17) is 17.3 Å². The highest BCUT2D eigenvalue weighted by Gasteiger charge is 2.34. The minimum absolute atomic E-state index is 0.189. The second-order valence-electron chi connectivity index (χ2n) is 9.09. The summed E-state index contributed by atoms with van der Waals surface area (Å²) in [7, 11) is 0. The molecule has 0 spiro atoms. The Morgan fingerprint density at radius 3 is 2.59 bits per heavy atom. The zero-order valence-corrected chi connectivity index (χ0v) is 21.3. The third kappa shape index (κ3) is 5.30. The molecule has 1 amide bonds. The highest BCUT2D eigenvalue weighted by atomic mass is 35.5. The van der Waals surface area contributed by atoms with E-state index in [0.29, 0.717) is 42.6 Å². The number of aromatic nitrogens is 3. The number of fused-ring (bicyclic) bond motifs is 1. The number of anilines is 3. The molecule has 0 atom stereocenters. The van der Waals surface area contributed by atoms with E-state index in [2.05, 4.69) is 15.3 Å². The summed E-state index contributed by atoms with van der Waals surface area (Å²) in [6.45, 7) is 2.94. The average molecular weight is 555 g/mol. The number of amides is 1. The molecule has 1 aliphatic rings. The molecule has 2 aromatic heterocycles. The van der Waals surface area contributed by atoms with Gasteiger partial charge in [0.2, 0.25) is 5.95 Å². The lowest BCUT2D eigenvalue weighted by atomic mass is 10.1. The maximum Gasteiger partial charge on any atom is 0.417 e. The number of hydrogen-bond donors (Lipinski definition) is 2. The first kappa shape index (κ1) is 26.2. The Hall–Kier alpha value is -4.38. The number of aryl methyl sites for hydroxylation is 1. The Labute approximate surface area is 225 Å². The summed E-state index contributed by atoms with van der Waals surface area (Å²) in [6.07, 6.45) is -0.707. The molecule has 8 nitrogen and oxygen atoms in total. The molecule has 0 unspecified atom stereocenters. The molecule has 0 saturated carbocycles. The van der Waals surface area contributed by atoms with Crippen molar-refractivity contribution in [2.24, 2.45) is 0 Å². The van der Waals surface area contributed by atoms with Crippen molar-refractivity contribution in [1.82, 2.24) is 14.5 Å². The van der Waals surface area contributed by atoms with E-state index < -0.39 is 22.7 Å². The number of nitrogens with two attached hydrogens (primary N) is 1. The van der Waals surface area contributed by atoms with Crippen molar-refractivity contribution >= 4 is 34.8 Å². The maximum absolute atomic E-state index is 13.5. The normalized spacial score (nSPS) is 13.2. The quantitative estimate of drug-likeness (QED) is 0.367. The fraction of sp³-hybridized carbons (Fsp3) is 0.185. The van der Waals surface area contributed by atoms with Gasteiger partial charge < -0.3 is 16.0 Å². The van der Waals surface area contributed by atoms with Crippen LogP contribution in [0.5, 0.6) is 0 Å². The number of rotatable bonds is 4. The Morgan fingerprint density at radius 1 is 1.13 bits per heavy atom. The number of pyridine rings is 1. The van der Waals surface area contributed by atoms with Crippen molar-refractivity contribution in [2.75, 3.05) is 22.5 Å². The van der Waals surface area contributed by atoms with Gasteiger partial charge in [-0.2, -0.15) is 13.2 Å². The van der Waals surface area contributed by atoms with E-state index in [1.807, 2.05) is 17.9 Å². The lowest BCUT2D eigenvalue weighted by molar-refractivity contribution is -0.137. The smallest absolute Gasteiger partial charge is 0.368 e. The van der Waals surface area contributed by atoms with Crippen LogP contribution >= 0.6 is 11.6 Å². The van der Waals surface area contributed by atoms with E-state index in [9.17, 15) is 22.8 Å². The van der Waals surface area contributed by atoms with Gasteiger partial charge in [0.05, 0.1) is 16.3 Å². The summed E-state index contributed by atoms with van der Waals surface area (Å²) < 4.78 is 41.0. The third-order valence-electron chi connectivity index (χ3n) is 6.47. The van der Waals surface area contributed by atoms with E-state index in [1.165, 1.54) is 10.6 Å². The van der Waals surface area contributed by atoms with E-state index in [0.717, 1.165) is 22.9 Å². The van der Waals surface area contributed by atoms with Crippen LogP contribution in [-0.2, 0) is 19.1 Å². The van der Waals surface area contributed by atoms with Gasteiger partial charge in [-0.05, 0) is 61.0 Å². The van der Waals surface area contributed by atoms with Gasteiger partial charge in [0, 0.05) is 54.4 Å². The Balaban J connectivity index is 1.37. The lowest BCUT2D eigenvalue weighted by Gasteiger charge is -2.30. The van der Waals surface area contributed by atoms with Crippen molar-refractivity contribution in [3.63, 3.8) is 0 Å². The van der Waals surface area contributed by atoms with Gasteiger partial charge in [-0.25, -0.2) is 9.97 Å². The standard InChI is InChI=1S/C27H22ClF3N6O2/c1-15-8-11-37(25(39)23(15)36-10-9-22-17(14-36)13-33-26(32)35-22)19-5-3-18(4-6-19)34-24(38)16-2-7-21(28)20(12-16)27(29,30)31/h2-8,11-13H,9-10,14H2,1H3,(H,34,38)(H2,32,33,35). The summed E-state index contributed by atoms with van der Waals surface area (Å²) in [6, 6.07) is 11.2. The van der Waals surface area contributed by atoms with Crippen LogP contribution in [0, 0.1) is 6.92 Å². The van der Waals surface area contributed by atoms with Gasteiger partial charge in [0.25, 0.3) is 11.5 Å². The molecule has 3 heterocycles. The molecule has 1 aliphatic heterocycles. The molecule has 0 radical (unpaired) electrons. The van der Waals surface area contributed by atoms with Crippen LogP contribution < -0.4 is 21.5 Å². The zero-order chi connectivity index (χ0) is 27.9. The second kappa shape index (κ2) is 10.1. The van der Waals surface area contributed by atoms with E-state index in [1.54, 1.807) is 36.7 Å². The second-order valence-corrected chi connectivity index (χ2v) is 9.49. The molecule has 4 aromatic rings. The Morgan fingerprint density at radius 2 is 1.87 bits per heavy atom. The molecule has 0 bridgehead atoms. The first-order valence-electron chi connectivity index (χ1n) is 11.9. The van der Waals surface area contributed by atoms with Gasteiger partial charge in [-0.1, -0.05) is 11.6 Å². The molecule has 3 N–H and O–H groups in total. The monoisotopic (exact) mass is 554 g/mol. The van der Waals surface area contributed by atoms with Crippen LogP contribution in [0.3, 0.4) is 0 Å². The number of nitrogen functional groups attached to an aromatic ring is 1. The van der Waals surface area contributed by atoms with Gasteiger partial charge in [0.15, 0.2) is 0 Å². The van der Waals surface area contributed by atoms with Crippen LogP contribution in [0.4, 0.5) is 30.5 Å². The minimum atomic E-state index is -4.69. The number of nitrogens with zero attached hydrogens (tertiary/aromatic N) is 4. The summed E-state index contributed by atoms with van der Waals surface area (Å²) in [5.74, 6) is -0.505. The molecule has 0 saturated heterocycles. The van der Waals surface area contributed by atoms with Crippen LogP contribution in [0.25, 0.3) is 5.69 Å². The molecule has 12 heteroatoms. The molecule has 5 rings (SSSR count). The predicted octanol–water partition coefficient (Wildman–Crippen LogP) is 5.01. The van der Waals surface area contributed by atoms with Gasteiger partial charge in [-0.3, -0.25) is 14.2 Å². The molecule has 0 fully saturated rings. The minimum Gasteiger partial charge on any atom is -0.368 e. The van der Waals surface area contributed by atoms with Crippen LogP contribution in [0.2, 0.25) is 5.02 Å². The summed E-state index contributed by atoms with van der Waals surface area (Å²) in [5.41, 5.74) is 8.27. The highest BCUT2D eigenvalue weighted by molar-refractivity contribution is 6.31. The van der Waals surface area contributed by atoms with Crippen molar-refractivity contribution in [3.05, 3.63) is 104 Å². The van der Waals surface area contributed by atoms with E-state index >= 15 is 0 Å². The van der Waals surface area contributed by atoms with E-state index in [-0.39, 0.29) is 17.1 Å². The van der Waals surface area contributed by atoms with Gasteiger partial charge in [-0.15, -0.1) is 0 Å². The molecular weight excluding hydrogens is 533 g/mol. The summed E-state index contributed by atoms with van der Waals surface area (Å²) in [5, 5.41) is 2.08. The Kier molecular flexibility index (Phi) is 6.77. The van der Waals surface area contributed by atoms with Crippen molar-refractivity contribution < 1.29 is 18.0 Å². The largest absolute Gasteiger partial charge is 0.417 e. The van der Waals surface area contributed by atoms with Crippen LogP contribution in [-0.4, -0.2) is 27.0 Å². The summed E-state index contributed by atoms with van der Waals surface area (Å²) >= 11 is 5.64. The lowest BCUT2D eigenvalue weighted by Crippen LogP contribution is -2.37. The van der Waals surface area contributed by atoms with Gasteiger partial charge >= 0.3 is 6.18 Å². The fourth-order valence-electron chi connectivity index (χ4n) is 4.52. The highest BCUT2D eigenvalue weighted by Crippen LogP contribution is 2.35. The first-order chi connectivity index (χ1) is 18.5. The number of carbonyl (C=O) groups is 1. The zero-order valence-electron chi connectivity index (χ0n) is 20.6. The van der Waals surface area contributed by atoms with Crippen molar-refractivity contribution in [2.45, 2.75) is 26.1 Å². The maximum atomic E-state index is 13.5.